The molecule has 1 heterocycles. The molecular weight excluding hydrogens is 320 g/mol. The molecule has 0 bridgehead atoms. The Bertz CT molecular complexity index is 873. The predicted molar refractivity (Wildman–Crippen MR) is 90.0 cm³/mol. The maximum absolute atomic E-state index is 11.7. The number of halogens is 1. The van der Waals surface area contributed by atoms with Crippen molar-refractivity contribution in [3.63, 3.8) is 0 Å². The second-order valence-electron chi connectivity index (χ2n) is 4.67. The maximum Gasteiger partial charge on any atom is 0.336 e. The summed E-state index contributed by atoms with van der Waals surface area (Å²) in [6.45, 7) is 0. The third-order valence-electron chi connectivity index (χ3n) is 3.26. The fraction of sp³-hybridized carbons (Fsp3) is 0.118. The van der Waals surface area contributed by atoms with Crippen molar-refractivity contribution >= 4 is 34.3 Å². The Morgan fingerprint density at radius 2 is 2.00 bits per heavy atom. The molecule has 1 aromatic heterocycles. The maximum atomic E-state index is 11.7. The standard InChI is InChI=1S/C17H13ClO3S/c1-20-12-6-7-13-11(8-17(19)21-15(13)9-12)10-22-16-5-3-2-4-14(16)18/h2-9H,10H2,1H3. The van der Waals surface area contributed by atoms with Gasteiger partial charge < -0.3 is 9.15 Å². The van der Waals surface area contributed by atoms with Gasteiger partial charge in [-0.1, -0.05) is 23.7 Å². The molecule has 5 heteroatoms. The smallest absolute Gasteiger partial charge is 0.336 e. The molecule has 0 atom stereocenters. The number of fused-ring (bicyclic) bond motifs is 1. The van der Waals surface area contributed by atoms with Crippen molar-refractivity contribution in [2.24, 2.45) is 0 Å². The zero-order chi connectivity index (χ0) is 15.5. The number of methoxy groups -OCH3 is 1. The minimum absolute atomic E-state index is 0.365. The number of hydrogen-bond donors (Lipinski definition) is 0. The molecule has 0 saturated carbocycles. The van der Waals surface area contributed by atoms with Crippen molar-refractivity contribution in [1.82, 2.24) is 0 Å². The Balaban J connectivity index is 1.96. The molecule has 3 rings (SSSR count). The number of benzene rings is 2. The lowest BCUT2D eigenvalue weighted by molar-refractivity contribution is 0.414. The van der Waals surface area contributed by atoms with E-state index in [1.807, 2.05) is 36.4 Å². The van der Waals surface area contributed by atoms with Crippen LogP contribution in [-0.2, 0) is 5.75 Å². The Labute approximate surface area is 136 Å². The Hall–Kier alpha value is -1.91. The van der Waals surface area contributed by atoms with Gasteiger partial charge in [0.2, 0.25) is 0 Å². The minimum Gasteiger partial charge on any atom is -0.497 e. The van der Waals surface area contributed by atoms with E-state index in [1.54, 1.807) is 24.9 Å². The van der Waals surface area contributed by atoms with Crippen LogP contribution in [0.5, 0.6) is 5.75 Å². The van der Waals surface area contributed by atoms with Crippen LogP contribution in [0.3, 0.4) is 0 Å². The predicted octanol–water partition coefficient (Wildman–Crippen LogP) is 4.75. The molecule has 0 amide bonds. The van der Waals surface area contributed by atoms with Crippen LogP contribution in [0.4, 0.5) is 0 Å². The van der Waals surface area contributed by atoms with Crippen molar-refractivity contribution in [3.8, 4) is 5.75 Å². The van der Waals surface area contributed by atoms with E-state index in [0.717, 1.165) is 15.8 Å². The first kappa shape index (κ1) is 15.0. The first-order chi connectivity index (χ1) is 10.7. The van der Waals surface area contributed by atoms with Gasteiger partial charge in [0.25, 0.3) is 0 Å². The molecular formula is C17H13ClO3S. The largest absolute Gasteiger partial charge is 0.497 e. The molecule has 0 unspecified atom stereocenters. The summed E-state index contributed by atoms with van der Waals surface area (Å²) in [4.78, 5) is 12.7. The van der Waals surface area contributed by atoms with Gasteiger partial charge in [0.05, 0.1) is 12.1 Å². The van der Waals surface area contributed by atoms with Gasteiger partial charge >= 0.3 is 5.63 Å². The van der Waals surface area contributed by atoms with Crippen molar-refractivity contribution in [1.29, 1.82) is 0 Å². The highest BCUT2D eigenvalue weighted by Gasteiger charge is 2.08. The van der Waals surface area contributed by atoms with Gasteiger partial charge in [-0.2, -0.15) is 0 Å². The molecule has 0 aliphatic heterocycles. The van der Waals surface area contributed by atoms with Crippen LogP contribution in [0, 0.1) is 0 Å². The molecule has 0 N–H and O–H groups in total. The molecule has 3 nitrogen and oxygen atoms in total. The van der Waals surface area contributed by atoms with Gasteiger partial charge in [-0.15, -0.1) is 11.8 Å². The van der Waals surface area contributed by atoms with Crippen LogP contribution < -0.4 is 10.4 Å². The monoisotopic (exact) mass is 332 g/mol. The summed E-state index contributed by atoms with van der Waals surface area (Å²) in [7, 11) is 1.58. The Morgan fingerprint density at radius 1 is 1.18 bits per heavy atom. The van der Waals surface area contributed by atoms with Gasteiger partial charge in [0.1, 0.15) is 11.3 Å². The van der Waals surface area contributed by atoms with E-state index in [4.69, 9.17) is 20.8 Å². The van der Waals surface area contributed by atoms with E-state index in [1.165, 1.54) is 6.07 Å². The first-order valence-electron chi connectivity index (χ1n) is 6.65. The molecule has 112 valence electrons. The Morgan fingerprint density at radius 3 is 2.77 bits per heavy atom. The van der Waals surface area contributed by atoms with E-state index in [2.05, 4.69) is 0 Å². The number of hydrogen-bond acceptors (Lipinski definition) is 4. The van der Waals surface area contributed by atoms with Crippen LogP contribution in [0.1, 0.15) is 5.56 Å². The molecule has 0 radical (unpaired) electrons. The van der Waals surface area contributed by atoms with Gasteiger partial charge in [-0.3, -0.25) is 0 Å². The molecule has 3 aromatic rings. The highest BCUT2D eigenvalue weighted by molar-refractivity contribution is 7.98. The van der Waals surface area contributed by atoms with Gasteiger partial charge in [-0.05, 0) is 29.8 Å². The first-order valence-corrected chi connectivity index (χ1v) is 8.02. The van der Waals surface area contributed by atoms with Crippen LogP contribution in [0.2, 0.25) is 5.02 Å². The fourth-order valence-corrected chi connectivity index (χ4v) is 3.40. The molecule has 0 aliphatic carbocycles. The average molecular weight is 333 g/mol. The van der Waals surface area contributed by atoms with Crippen LogP contribution in [-0.4, -0.2) is 7.11 Å². The second-order valence-corrected chi connectivity index (χ2v) is 6.10. The molecule has 0 spiro atoms. The quantitative estimate of drug-likeness (QED) is 0.510. The van der Waals surface area contributed by atoms with E-state index in [0.29, 0.717) is 22.1 Å². The fourth-order valence-electron chi connectivity index (χ4n) is 2.17. The summed E-state index contributed by atoms with van der Waals surface area (Å²) in [5.41, 5.74) is 1.08. The molecule has 0 aliphatic rings. The third kappa shape index (κ3) is 3.13. The van der Waals surface area contributed by atoms with Crippen molar-refractivity contribution in [2.75, 3.05) is 7.11 Å². The summed E-state index contributed by atoms with van der Waals surface area (Å²) < 4.78 is 10.4. The van der Waals surface area contributed by atoms with Gasteiger partial charge in [0.15, 0.2) is 0 Å². The lowest BCUT2D eigenvalue weighted by Crippen LogP contribution is -2.00. The average Bonchev–Trinajstić information content (AvgIpc) is 2.53. The lowest BCUT2D eigenvalue weighted by atomic mass is 10.1. The van der Waals surface area contributed by atoms with Crippen LogP contribution >= 0.6 is 23.4 Å². The second kappa shape index (κ2) is 6.46. The van der Waals surface area contributed by atoms with Crippen LogP contribution in [0.25, 0.3) is 11.0 Å². The highest BCUT2D eigenvalue weighted by atomic mass is 35.5. The zero-order valence-electron chi connectivity index (χ0n) is 11.8. The van der Waals surface area contributed by atoms with E-state index < -0.39 is 0 Å². The molecule has 0 saturated heterocycles. The minimum atomic E-state index is -0.365. The summed E-state index contributed by atoms with van der Waals surface area (Å²) in [6.07, 6.45) is 0. The Kier molecular flexibility index (Phi) is 4.41. The topological polar surface area (TPSA) is 39.4 Å². The van der Waals surface area contributed by atoms with Gasteiger partial charge in [-0.25, -0.2) is 4.79 Å². The number of ether oxygens (including phenoxy) is 1. The van der Waals surface area contributed by atoms with E-state index >= 15 is 0 Å². The summed E-state index contributed by atoms with van der Waals surface area (Å²) in [6, 6.07) is 14.7. The number of rotatable bonds is 4. The lowest BCUT2D eigenvalue weighted by Gasteiger charge is -2.07. The van der Waals surface area contributed by atoms with E-state index in [-0.39, 0.29) is 5.63 Å². The van der Waals surface area contributed by atoms with Gasteiger partial charge in [0, 0.05) is 28.2 Å². The van der Waals surface area contributed by atoms with Crippen molar-refractivity contribution in [2.45, 2.75) is 10.6 Å². The SMILES string of the molecule is COc1ccc2c(CSc3ccccc3Cl)cc(=O)oc2c1. The highest BCUT2D eigenvalue weighted by Crippen LogP contribution is 2.31. The molecule has 22 heavy (non-hydrogen) atoms. The summed E-state index contributed by atoms with van der Waals surface area (Å²) in [5.74, 6) is 1.30. The summed E-state index contributed by atoms with van der Waals surface area (Å²) >= 11 is 7.75. The zero-order valence-corrected chi connectivity index (χ0v) is 13.4. The molecule has 2 aromatic carbocycles. The van der Waals surface area contributed by atoms with E-state index in [9.17, 15) is 4.79 Å². The molecule has 0 fully saturated rings. The normalized spacial score (nSPS) is 10.8. The van der Waals surface area contributed by atoms with Crippen LogP contribution in [0.15, 0.2) is 62.6 Å². The third-order valence-corrected chi connectivity index (χ3v) is 4.82. The van der Waals surface area contributed by atoms with Crippen molar-refractivity contribution in [3.05, 3.63) is 69.5 Å². The van der Waals surface area contributed by atoms with Crippen molar-refractivity contribution < 1.29 is 9.15 Å². The summed E-state index contributed by atoms with van der Waals surface area (Å²) in [5, 5.41) is 1.61. The number of thioether (sulfide) groups is 1.